The van der Waals surface area contributed by atoms with Crippen LogP contribution in [0.2, 0.25) is 0 Å². The summed E-state index contributed by atoms with van der Waals surface area (Å²) in [7, 11) is 0. The van der Waals surface area contributed by atoms with Crippen LogP contribution in [0.15, 0.2) is 72.8 Å². The largest absolute Gasteiger partial charge is 0.507 e. The van der Waals surface area contributed by atoms with E-state index in [-0.39, 0.29) is 11.3 Å². The van der Waals surface area contributed by atoms with Crippen molar-refractivity contribution in [2.45, 2.75) is 20.0 Å². The summed E-state index contributed by atoms with van der Waals surface area (Å²) in [6.07, 6.45) is -1.03. The fourth-order valence-electron chi connectivity index (χ4n) is 2.79. The average Bonchev–Trinajstić information content (AvgIpc) is 2.70. The molecule has 3 aromatic carbocycles. The highest BCUT2D eigenvalue weighted by Crippen LogP contribution is 2.28. The van der Waals surface area contributed by atoms with Crippen LogP contribution < -0.4 is 5.32 Å². The van der Waals surface area contributed by atoms with Crippen molar-refractivity contribution in [3.05, 3.63) is 83.9 Å². The molecule has 0 saturated carbocycles. The molecule has 1 atom stereocenters. The van der Waals surface area contributed by atoms with Crippen molar-refractivity contribution in [2.24, 2.45) is 0 Å². The summed E-state index contributed by atoms with van der Waals surface area (Å²) >= 11 is 0. The first-order valence-corrected chi connectivity index (χ1v) is 8.91. The number of aromatic hydroxyl groups is 1. The number of phenols is 1. The number of anilines is 1. The number of para-hydroxylation sites is 1. The Morgan fingerprint density at radius 2 is 1.64 bits per heavy atom. The first kappa shape index (κ1) is 19.2. The fourth-order valence-corrected chi connectivity index (χ4v) is 2.79. The summed E-state index contributed by atoms with van der Waals surface area (Å²) in [5.74, 6) is -1.39. The zero-order chi connectivity index (χ0) is 20.1. The highest BCUT2D eigenvalue weighted by atomic mass is 16.5. The van der Waals surface area contributed by atoms with Crippen LogP contribution in [0.4, 0.5) is 5.69 Å². The normalized spacial score (nSPS) is 11.5. The van der Waals surface area contributed by atoms with Crippen molar-refractivity contribution in [3.8, 4) is 16.9 Å². The lowest BCUT2D eigenvalue weighted by atomic mass is 10.0. The first-order valence-electron chi connectivity index (χ1n) is 8.91. The highest BCUT2D eigenvalue weighted by molar-refractivity contribution is 6.00. The Balaban J connectivity index is 1.73. The van der Waals surface area contributed by atoms with E-state index in [0.717, 1.165) is 16.7 Å². The van der Waals surface area contributed by atoms with Crippen molar-refractivity contribution < 1.29 is 19.4 Å². The average molecular weight is 375 g/mol. The van der Waals surface area contributed by atoms with E-state index in [1.807, 2.05) is 48.5 Å². The number of hydrogen-bond acceptors (Lipinski definition) is 4. The van der Waals surface area contributed by atoms with Crippen LogP contribution in [-0.2, 0) is 9.53 Å². The predicted molar refractivity (Wildman–Crippen MR) is 108 cm³/mol. The van der Waals surface area contributed by atoms with E-state index >= 15 is 0 Å². The van der Waals surface area contributed by atoms with Gasteiger partial charge in [0, 0.05) is 11.3 Å². The molecule has 0 unspecified atom stereocenters. The van der Waals surface area contributed by atoms with Crippen LogP contribution >= 0.6 is 0 Å². The maximum atomic E-state index is 12.6. The van der Waals surface area contributed by atoms with Gasteiger partial charge in [-0.2, -0.15) is 0 Å². The lowest BCUT2D eigenvalue weighted by Gasteiger charge is -2.16. The number of carbonyl (C=O) groups is 2. The van der Waals surface area contributed by atoms with Crippen molar-refractivity contribution in [1.29, 1.82) is 0 Å². The molecule has 5 nitrogen and oxygen atoms in total. The van der Waals surface area contributed by atoms with E-state index in [1.54, 1.807) is 19.1 Å². The molecule has 3 rings (SSSR count). The first-order chi connectivity index (χ1) is 13.5. The molecule has 0 aliphatic rings. The molecule has 0 spiro atoms. The van der Waals surface area contributed by atoms with Crippen molar-refractivity contribution >= 4 is 17.6 Å². The fraction of sp³-hybridized carbons (Fsp3) is 0.130. The number of esters is 1. The second kappa shape index (κ2) is 8.39. The van der Waals surface area contributed by atoms with Crippen LogP contribution in [0.1, 0.15) is 22.8 Å². The quantitative estimate of drug-likeness (QED) is 0.642. The Bertz CT molecular complexity index is 998. The van der Waals surface area contributed by atoms with Crippen molar-refractivity contribution in [3.63, 3.8) is 0 Å². The summed E-state index contributed by atoms with van der Waals surface area (Å²) in [6.45, 7) is 3.29. The maximum absolute atomic E-state index is 12.6. The second-order valence-corrected chi connectivity index (χ2v) is 6.47. The molecule has 2 N–H and O–H groups in total. The molecule has 0 heterocycles. The maximum Gasteiger partial charge on any atom is 0.342 e. The second-order valence-electron chi connectivity index (χ2n) is 6.47. The van der Waals surface area contributed by atoms with Crippen LogP contribution in [0.3, 0.4) is 0 Å². The molecule has 0 aromatic heterocycles. The van der Waals surface area contributed by atoms with Gasteiger partial charge in [0.15, 0.2) is 6.10 Å². The number of carbonyl (C=O) groups excluding carboxylic acids is 2. The number of hydrogen-bond donors (Lipinski definition) is 2. The number of aryl methyl sites for hydroxylation is 1. The van der Waals surface area contributed by atoms with E-state index in [4.69, 9.17) is 4.74 Å². The summed E-state index contributed by atoms with van der Waals surface area (Å²) in [4.78, 5) is 24.9. The van der Waals surface area contributed by atoms with Gasteiger partial charge in [0.1, 0.15) is 11.3 Å². The van der Waals surface area contributed by atoms with E-state index < -0.39 is 18.0 Å². The van der Waals surface area contributed by atoms with Crippen molar-refractivity contribution in [2.75, 3.05) is 5.32 Å². The standard InChI is InChI=1S/C23H21NO4/c1-15-12-13-21(25)19(14-15)23(27)28-16(2)22(26)24-20-11-7-6-10-18(20)17-8-4-3-5-9-17/h3-14,16,25H,1-2H3,(H,24,26)/t16-/m1/s1. The zero-order valence-corrected chi connectivity index (χ0v) is 15.7. The molecule has 1 amide bonds. The summed E-state index contributed by atoms with van der Waals surface area (Å²) in [5.41, 5.74) is 3.29. The Morgan fingerprint density at radius 3 is 2.39 bits per heavy atom. The van der Waals surface area contributed by atoms with E-state index in [9.17, 15) is 14.7 Å². The molecule has 0 saturated heterocycles. The smallest absolute Gasteiger partial charge is 0.342 e. The van der Waals surface area contributed by atoms with Gasteiger partial charge in [-0.15, -0.1) is 0 Å². The van der Waals surface area contributed by atoms with E-state index in [2.05, 4.69) is 5.32 Å². The molecule has 0 aliphatic carbocycles. The van der Waals surface area contributed by atoms with E-state index in [1.165, 1.54) is 19.1 Å². The van der Waals surface area contributed by atoms with Crippen LogP contribution in [-0.4, -0.2) is 23.1 Å². The molecule has 5 heteroatoms. The molecular weight excluding hydrogens is 354 g/mol. The van der Waals surface area contributed by atoms with Gasteiger partial charge in [-0.25, -0.2) is 4.79 Å². The van der Waals surface area contributed by atoms with Gasteiger partial charge in [0.05, 0.1) is 0 Å². The predicted octanol–water partition coefficient (Wildman–Crippen LogP) is 4.55. The minimum Gasteiger partial charge on any atom is -0.507 e. The Kier molecular flexibility index (Phi) is 5.75. The van der Waals surface area contributed by atoms with Crippen LogP contribution in [0, 0.1) is 6.92 Å². The third-order valence-electron chi connectivity index (χ3n) is 4.29. The Hall–Kier alpha value is -3.60. The van der Waals surface area contributed by atoms with Crippen LogP contribution in [0.5, 0.6) is 5.75 Å². The lowest BCUT2D eigenvalue weighted by molar-refractivity contribution is -0.123. The molecule has 3 aromatic rings. The SMILES string of the molecule is Cc1ccc(O)c(C(=O)O[C@H](C)C(=O)Nc2ccccc2-c2ccccc2)c1. The molecule has 142 valence electrons. The minimum atomic E-state index is -1.03. The third-order valence-corrected chi connectivity index (χ3v) is 4.29. The Labute approximate surface area is 163 Å². The van der Waals surface area contributed by atoms with Gasteiger partial charge < -0.3 is 15.2 Å². The van der Waals surface area contributed by atoms with Gasteiger partial charge in [0.2, 0.25) is 0 Å². The van der Waals surface area contributed by atoms with Crippen molar-refractivity contribution in [1.82, 2.24) is 0 Å². The lowest BCUT2D eigenvalue weighted by Crippen LogP contribution is -2.30. The summed E-state index contributed by atoms with van der Waals surface area (Å²) in [5, 5.41) is 12.7. The number of amides is 1. The topological polar surface area (TPSA) is 75.6 Å². The molecule has 0 fully saturated rings. The van der Waals surface area contributed by atoms with Gasteiger partial charge in [-0.1, -0.05) is 60.2 Å². The molecular formula is C23H21NO4. The number of benzene rings is 3. The number of ether oxygens (including phenoxy) is 1. The van der Waals surface area contributed by atoms with Gasteiger partial charge in [-0.3, -0.25) is 4.79 Å². The number of rotatable bonds is 5. The Morgan fingerprint density at radius 1 is 0.964 bits per heavy atom. The minimum absolute atomic E-state index is 0.0318. The molecule has 0 radical (unpaired) electrons. The summed E-state index contributed by atoms with van der Waals surface area (Å²) < 4.78 is 5.24. The highest BCUT2D eigenvalue weighted by Gasteiger charge is 2.22. The monoisotopic (exact) mass is 375 g/mol. The zero-order valence-electron chi connectivity index (χ0n) is 15.7. The third kappa shape index (κ3) is 4.38. The number of nitrogens with one attached hydrogen (secondary N) is 1. The van der Waals surface area contributed by atoms with E-state index in [0.29, 0.717) is 5.69 Å². The molecule has 28 heavy (non-hydrogen) atoms. The molecule has 0 bridgehead atoms. The summed E-state index contributed by atoms with van der Waals surface area (Å²) in [6, 6.07) is 21.7. The van der Waals surface area contributed by atoms with Gasteiger partial charge >= 0.3 is 5.97 Å². The van der Waals surface area contributed by atoms with Crippen LogP contribution in [0.25, 0.3) is 11.1 Å². The van der Waals surface area contributed by atoms with Gasteiger partial charge in [0.25, 0.3) is 5.91 Å². The molecule has 0 aliphatic heterocycles. The number of phenolic OH excluding ortho intramolecular Hbond substituents is 1. The van der Waals surface area contributed by atoms with Gasteiger partial charge in [-0.05, 0) is 37.6 Å².